The molecule has 15 nitrogen and oxygen atoms in total. The summed E-state index contributed by atoms with van der Waals surface area (Å²) in [6.45, 7) is 4.22. The van der Waals surface area contributed by atoms with Gasteiger partial charge in [0.25, 0.3) is 5.91 Å². The van der Waals surface area contributed by atoms with Gasteiger partial charge in [0, 0.05) is 33.3 Å². The van der Waals surface area contributed by atoms with Crippen molar-refractivity contribution >= 4 is 47.1 Å². The van der Waals surface area contributed by atoms with Crippen LogP contribution in [0.4, 0.5) is 5.69 Å². The number of hydrogen-bond acceptors (Lipinski definition) is 13. The fourth-order valence-electron chi connectivity index (χ4n) is 5.21. The lowest BCUT2D eigenvalue weighted by Gasteiger charge is -2.44. The summed E-state index contributed by atoms with van der Waals surface area (Å²) in [5.74, 6) is -2.65. The molecule has 0 bridgehead atoms. The molecule has 5 rings (SSSR count). The molecular formula is C30H30N4O11. The average Bonchev–Trinajstić information content (AvgIpc) is 3.72. The molecule has 1 saturated heterocycles. The van der Waals surface area contributed by atoms with E-state index in [9.17, 15) is 24.0 Å². The average molecular weight is 623 g/mol. The molecule has 1 fully saturated rings. The predicted molar refractivity (Wildman–Crippen MR) is 151 cm³/mol. The Labute approximate surface area is 256 Å². The van der Waals surface area contributed by atoms with E-state index in [0.717, 1.165) is 20.8 Å². The van der Waals surface area contributed by atoms with Crippen molar-refractivity contribution in [1.82, 2.24) is 15.0 Å². The van der Waals surface area contributed by atoms with Gasteiger partial charge in [0.2, 0.25) is 0 Å². The van der Waals surface area contributed by atoms with E-state index in [1.807, 2.05) is 18.2 Å². The van der Waals surface area contributed by atoms with E-state index in [2.05, 4.69) is 10.3 Å². The molecule has 2 aromatic heterocycles. The Balaban J connectivity index is 1.47. The fraction of sp³-hybridized carbons (Fsp3) is 0.367. The number of ether oxygens (including phenoxy) is 5. The summed E-state index contributed by atoms with van der Waals surface area (Å²) in [7, 11) is 0. The minimum absolute atomic E-state index is 0.0105. The largest absolute Gasteiger partial charge is 0.465 e. The number of carbonyl (C=O) groups is 5. The molecule has 2 aliphatic heterocycles. The van der Waals surface area contributed by atoms with Crippen molar-refractivity contribution in [2.24, 2.45) is 0 Å². The van der Waals surface area contributed by atoms with Gasteiger partial charge in [-0.15, -0.1) is 5.10 Å². The second-order valence-corrected chi connectivity index (χ2v) is 10.3. The van der Waals surface area contributed by atoms with Crippen LogP contribution in [0, 0.1) is 0 Å². The Morgan fingerprint density at radius 2 is 1.58 bits per heavy atom. The van der Waals surface area contributed by atoms with Crippen LogP contribution in [-0.4, -0.2) is 75.8 Å². The second-order valence-electron chi connectivity index (χ2n) is 10.3. The van der Waals surface area contributed by atoms with Crippen LogP contribution >= 0.6 is 0 Å². The Morgan fingerprint density at radius 1 is 0.889 bits per heavy atom. The highest BCUT2D eigenvalue weighted by Crippen LogP contribution is 2.39. The summed E-state index contributed by atoms with van der Waals surface area (Å²) in [5.41, 5.74) is 2.14. The number of amides is 1. The van der Waals surface area contributed by atoms with Gasteiger partial charge in [-0.05, 0) is 24.3 Å². The minimum atomic E-state index is -1.37. The number of aromatic nitrogens is 3. The van der Waals surface area contributed by atoms with Crippen LogP contribution in [0.25, 0.3) is 11.6 Å². The summed E-state index contributed by atoms with van der Waals surface area (Å²) < 4.78 is 34.3. The van der Waals surface area contributed by atoms with Crippen molar-refractivity contribution in [3.8, 4) is 0 Å². The first kappa shape index (κ1) is 31.1. The Bertz CT molecular complexity index is 1630. The summed E-state index contributed by atoms with van der Waals surface area (Å²) in [6.07, 6.45) is -1.83. The summed E-state index contributed by atoms with van der Waals surface area (Å²) >= 11 is 0. The number of hydrogen-bond donors (Lipinski definition) is 0. The number of fused-ring (bicyclic) bond motifs is 1. The maximum absolute atomic E-state index is 13.6. The normalized spacial score (nSPS) is 23.4. The first-order valence-corrected chi connectivity index (χ1v) is 13.9. The van der Waals surface area contributed by atoms with Crippen molar-refractivity contribution in [3.63, 3.8) is 0 Å². The zero-order valence-corrected chi connectivity index (χ0v) is 24.8. The zero-order chi connectivity index (χ0) is 32.2. The van der Waals surface area contributed by atoms with Crippen molar-refractivity contribution in [3.05, 3.63) is 65.9 Å². The van der Waals surface area contributed by atoms with Gasteiger partial charge in [-0.1, -0.05) is 23.4 Å². The maximum atomic E-state index is 13.6. The second kappa shape index (κ2) is 13.1. The molecule has 1 aromatic carbocycles. The van der Waals surface area contributed by atoms with Gasteiger partial charge in [-0.2, -0.15) is 0 Å². The third kappa shape index (κ3) is 6.93. The number of nitrogens with zero attached hydrogens (tertiary/aromatic N) is 4. The van der Waals surface area contributed by atoms with Crippen LogP contribution in [0.15, 0.2) is 53.3 Å². The molecule has 236 valence electrons. The number of anilines is 1. The molecule has 0 N–H and O–H groups in total. The molecule has 3 aromatic rings. The third-order valence-corrected chi connectivity index (χ3v) is 6.90. The number of carbonyl (C=O) groups excluding carboxylic acids is 5. The quantitative estimate of drug-likeness (QED) is 0.193. The van der Waals surface area contributed by atoms with Crippen LogP contribution in [0.2, 0.25) is 0 Å². The fourth-order valence-corrected chi connectivity index (χ4v) is 5.21. The van der Waals surface area contributed by atoms with Gasteiger partial charge in [-0.3, -0.25) is 24.0 Å². The van der Waals surface area contributed by atoms with Gasteiger partial charge in [0.1, 0.15) is 24.2 Å². The monoisotopic (exact) mass is 622 g/mol. The van der Waals surface area contributed by atoms with Crippen molar-refractivity contribution in [2.45, 2.75) is 64.9 Å². The van der Waals surface area contributed by atoms with E-state index in [1.165, 1.54) is 29.0 Å². The van der Waals surface area contributed by atoms with Crippen molar-refractivity contribution in [2.75, 3.05) is 11.5 Å². The molecule has 0 unspecified atom stereocenters. The predicted octanol–water partition coefficient (Wildman–Crippen LogP) is 2.21. The van der Waals surface area contributed by atoms with Crippen LogP contribution in [0.1, 0.15) is 50.9 Å². The molecule has 1 amide bonds. The van der Waals surface area contributed by atoms with Gasteiger partial charge in [0.15, 0.2) is 24.5 Å². The standard InChI is InChI=1S/C30H30N4O11/c1-16(35)41-15-25-26(42-17(2)36)27(43-18(3)37)28(44-19(4)38)30(45-25)34-14-20(31-32-34)13-33-24-10-6-5-9-22(24)23(29(33)39)12-21-8-7-11-40-21/h5-12,14,25-28,30H,13,15H2,1-4H3/b23-12-/t25-,26-,27+,28-,30-/m1/s1. The molecule has 2 aliphatic rings. The number of furan rings is 1. The van der Waals surface area contributed by atoms with Crippen LogP contribution in [0.3, 0.4) is 0 Å². The molecule has 45 heavy (non-hydrogen) atoms. The van der Waals surface area contributed by atoms with Crippen molar-refractivity contribution in [1.29, 1.82) is 0 Å². The van der Waals surface area contributed by atoms with E-state index < -0.39 is 54.5 Å². The maximum Gasteiger partial charge on any atom is 0.303 e. The number of rotatable bonds is 9. The molecule has 0 spiro atoms. The molecule has 0 radical (unpaired) electrons. The first-order valence-electron chi connectivity index (χ1n) is 13.9. The topological polar surface area (TPSA) is 179 Å². The van der Waals surface area contributed by atoms with E-state index in [1.54, 1.807) is 24.3 Å². The Hall–Kier alpha value is -5.31. The molecule has 0 saturated carbocycles. The van der Waals surface area contributed by atoms with Crippen LogP contribution < -0.4 is 4.90 Å². The number of benzene rings is 1. The van der Waals surface area contributed by atoms with Gasteiger partial charge >= 0.3 is 23.9 Å². The van der Waals surface area contributed by atoms with Gasteiger partial charge < -0.3 is 33.0 Å². The van der Waals surface area contributed by atoms with E-state index >= 15 is 0 Å². The van der Waals surface area contributed by atoms with Crippen LogP contribution in [-0.2, 0) is 54.2 Å². The summed E-state index contributed by atoms with van der Waals surface area (Å²) in [6, 6.07) is 10.7. The van der Waals surface area contributed by atoms with Gasteiger partial charge in [0.05, 0.1) is 30.3 Å². The Kier molecular flexibility index (Phi) is 9.08. The number of esters is 4. The van der Waals surface area contributed by atoms with Crippen LogP contribution in [0.5, 0.6) is 0 Å². The summed E-state index contributed by atoms with van der Waals surface area (Å²) in [5, 5.41) is 8.37. The summed E-state index contributed by atoms with van der Waals surface area (Å²) in [4.78, 5) is 63.0. The highest BCUT2D eigenvalue weighted by atomic mass is 16.7. The lowest BCUT2D eigenvalue weighted by molar-refractivity contribution is -0.270. The molecule has 15 heteroatoms. The molecule has 4 heterocycles. The first-order chi connectivity index (χ1) is 21.5. The smallest absolute Gasteiger partial charge is 0.303 e. The van der Waals surface area contributed by atoms with Gasteiger partial charge in [-0.25, -0.2) is 4.68 Å². The highest BCUT2D eigenvalue weighted by Gasteiger charge is 2.53. The minimum Gasteiger partial charge on any atom is -0.465 e. The molecule has 5 atom stereocenters. The molecular weight excluding hydrogens is 592 g/mol. The zero-order valence-electron chi connectivity index (χ0n) is 24.8. The number of para-hydroxylation sites is 1. The van der Waals surface area contributed by atoms with E-state index in [-0.39, 0.29) is 19.1 Å². The lowest BCUT2D eigenvalue weighted by Crippen LogP contribution is -2.60. The third-order valence-electron chi connectivity index (χ3n) is 6.90. The van der Waals surface area contributed by atoms with Crippen molar-refractivity contribution < 1.29 is 52.1 Å². The molecule has 0 aliphatic carbocycles. The Morgan fingerprint density at radius 3 is 2.24 bits per heavy atom. The lowest BCUT2D eigenvalue weighted by atomic mass is 9.97. The SMILES string of the molecule is CC(=O)OC[C@H]1O[C@@H](n2cc(CN3C(=O)/C(=C\c4ccco4)c4ccccc43)nn2)[C@H](OC(C)=O)[C@@H](OC(C)=O)[C@@H]1OC(C)=O. The van der Waals surface area contributed by atoms with E-state index in [0.29, 0.717) is 28.3 Å². The van der Waals surface area contributed by atoms with E-state index in [4.69, 9.17) is 28.1 Å². The highest BCUT2D eigenvalue weighted by molar-refractivity contribution is 6.35.